The molecule has 0 aliphatic carbocycles. The lowest BCUT2D eigenvalue weighted by molar-refractivity contribution is -0.138. The van der Waals surface area contributed by atoms with Crippen LogP contribution in [0.2, 0.25) is 0 Å². The first-order chi connectivity index (χ1) is 10.8. The predicted molar refractivity (Wildman–Crippen MR) is 84.9 cm³/mol. The van der Waals surface area contributed by atoms with Crippen molar-refractivity contribution in [2.45, 2.75) is 39.7 Å². The number of aliphatic carboxylic acids is 1. The lowest BCUT2D eigenvalue weighted by atomic mass is 10.0. The minimum absolute atomic E-state index is 0.0380. The summed E-state index contributed by atoms with van der Waals surface area (Å²) in [5, 5.41) is 9.10. The van der Waals surface area contributed by atoms with Gasteiger partial charge in [0.15, 0.2) is 11.9 Å². The number of fused-ring (bicyclic) bond motifs is 1. The van der Waals surface area contributed by atoms with Gasteiger partial charge in [-0.1, -0.05) is 20.8 Å². The number of ether oxygens (including phenoxy) is 1. The molecule has 23 heavy (non-hydrogen) atoms. The van der Waals surface area contributed by atoms with Crippen molar-refractivity contribution in [3.05, 3.63) is 23.8 Å². The van der Waals surface area contributed by atoms with Crippen molar-refractivity contribution in [1.82, 2.24) is 0 Å². The van der Waals surface area contributed by atoms with E-state index in [1.807, 2.05) is 20.8 Å². The average Bonchev–Trinajstić information content (AvgIpc) is 2.49. The van der Waals surface area contributed by atoms with E-state index in [1.54, 1.807) is 18.2 Å². The molecule has 0 spiro atoms. The van der Waals surface area contributed by atoms with Crippen LogP contribution in [0, 0.1) is 5.92 Å². The summed E-state index contributed by atoms with van der Waals surface area (Å²) >= 11 is 0. The fraction of sp³-hybridized carbons (Fsp3) is 0.471. The summed E-state index contributed by atoms with van der Waals surface area (Å²) < 4.78 is 5.72. The number of hydrogen-bond donors (Lipinski definition) is 1. The monoisotopic (exact) mass is 319 g/mol. The Morgan fingerprint density at radius 2 is 2.04 bits per heavy atom. The van der Waals surface area contributed by atoms with E-state index >= 15 is 0 Å². The third-order valence-electron chi connectivity index (χ3n) is 3.71. The Kier molecular flexibility index (Phi) is 5.03. The molecule has 1 aliphatic rings. The number of benzene rings is 1. The van der Waals surface area contributed by atoms with Crippen LogP contribution >= 0.6 is 0 Å². The Morgan fingerprint density at radius 3 is 2.61 bits per heavy atom. The second-order valence-electron chi connectivity index (χ2n) is 5.96. The van der Waals surface area contributed by atoms with Crippen molar-refractivity contribution in [3.63, 3.8) is 0 Å². The molecule has 0 aromatic heterocycles. The van der Waals surface area contributed by atoms with E-state index in [4.69, 9.17) is 9.84 Å². The Hall–Kier alpha value is -2.37. The molecule has 124 valence electrons. The zero-order chi connectivity index (χ0) is 17.1. The van der Waals surface area contributed by atoms with Gasteiger partial charge in [-0.25, -0.2) is 0 Å². The molecule has 1 heterocycles. The van der Waals surface area contributed by atoms with E-state index in [-0.39, 0.29) is 11.7 Å². The van der Waals surface area contributed by atoms with Gasteiger partial charge in [0.05, 0.1) is 5.69 Å². The number of carbonyl (C=O) groups excluding carboxylic acids is 2. The Morgan fingerprint density at radius 1 is 1.35 bits per heavy atom. The van der Waals surface area contributed by atoms with Crippen LogP contribution in [0.3, 0.4) is 0 Å². The molecule has 1 unspecified atom stereocenters. The van der Waals surface area contributed by atoms with Crippen LogP contribution in [0.1, 0.15) is 44.0 Å². The first kappa shape index (κ1) is 17.0. The highest BCUT2D eigenvalue weighted by molar-refractivity contribution is 6.05. The summed E-state index contributed by atoms with van der Waals surface area (Å²) in [4.78, 5) is 36.9. The number of nitrogens with zero attached hydrogens (tertiary/aromatic N) is 1. The normalized spacial score (nSPS) is 17.0. The van der Waals surface area contributed by atoms with Gasteiger partial charge in [-0.3, -0.25) is 19.3 Å². The standard InChI is InChI=1S/C17H21NO5/c1-4-5-13(19)11-6-7-14-12(8-11)18(9-15(20)21)17(22)16(23-14)10(2)3/h6-8,10,16H,4-5,9H2,1-3H3,(H,20,21). The van der Waals surface area contributed by atoms with Gasteiger partial charge in [-0.2, -0.15) is 0 Å². The first-order valence-corrected chi connectivity index (χ1v) is 7.72. The summed E-state index contributed by atoms with van der Waals surface area (Å²) in [6, 6.07) is 4.84. The molecule has 6 heteroatoms. The highest BCUT2D eigenvalue weighted by Gasteiger charge is 2.37. The highest BCUT2D eigenvalue weighted by Crippen LogP contribution is 2.36. The van der Waals surface area contributed by atoms with Crippen molar-refractivity contribution in [2.24, 2.45) is 5.92 Å². The van der Waals surface area contributed by atoms with E-state index < -0.39 is 24.5 Å². The topological polar surface area (TPSA) is 83.9 Å². The van der Waals surface area contributed by atoms with Crippen molar-refractivity contribution in [3.8, 4) is 5.75 Å². The van der Waals surface area contributed by atoms with Gasteiger partial charge in [-0.15, -0.1) is 0 Å². The minimum Gasteiger partial charge on any atom is -0.480 e. The van der Waals surface area contributed by atoms with E-state index in [2.05, 4.69) is 0 Å². The first-order valence-electron chi connectivity index (χ1n) is 7.72. The van der Waals surface area contributed by atoms with Crippen molar-refractivity contribution in [2.75, 3.05) is 11.4 Å². The summed E-state index contributed by atoms with van der Waals surface area (Å²) in [5.74, 6) is -1.20. The number of ketones is 1. The lowest BCUT2D eigenvalue weighted by Crippen LogP contribution is -2.50. The summed E-state index contributed by atoms with van der Waals surface area (Å²) in [6.07, 6.45) is 0.403. The van der Waals surface area contributed by atoms with Gasteiger partial charge in [0.2, 0.25) is 0 Å². The highest BCUT2D eigenvalue weighted by atomic mass is 16.5. The molecule has 0 saturated carbocycles. The maximum absolute atomic E-state index is 12.5. The van der Waals surface area contributed by atoms with Crippen molar-refractivity contribution < 1.29 is 24.2 Å². The maximum Gasteiger partial charge on any atom is 0.323 e. The van der Waals surface area contributed by atoms with E-state index in [1.165, 1.54) is 4.90 Å². The van der Waals surface area contributed by atoms with Crippen LogP contribution in [0.4, 0.5) is 5.69 Å². The molecule has 0 bridgehead atoms. The molecule has 1 N–H and O–H groups in total. The maximum atomic E-state index is 12.5. The number of hydrogen-bond acceptors (Lipinski definition) is 4. The molecule has 2 rings (SSSR count). The zero-order valence-electron chi connectivity index (χ0n) is 13.5. The number of carbonyl (C=O) groups is 3. The summed E-state index contributed by atoms with van der Waals surface area (Å²) in [5.41, 5.74) is 0.802. The van der Waals surface area contributed by atoms with Crippen LogP contribution in [0.15, 0.2) is 18.2 Å². The number of carboxylic acid groups (broad SMARTS) is 1. The van der Waals surface area contributed by atoms with Crippen LogP contribution in [-0.4, -0.2) is 35.4 Å². The van der Waals surface area contributed by atoms with E-state index in [0.29, 0.717) is 23.4 Å². The molecule has 1 aliphatic heterocycles. The smallest absolute Gasteiger partial charge is 0.323 e. The SMILES string of the molecule is CCCC(=O)c1ccc2c(c1)N(CC(=O)O)C(=O)C(C(C)C)O2. The summed E-state index contributed by atoms with van der Waals surface area (Å²) in [6.45, 7) is 5.13. The Balaban J connectivity index is 2.45. The molecule has 1 aromatic rings. The van der Waals surface area contributed by atoms with Gasteiger partial charge in [0, 0.05) is 12.0 Å². The second kappa shape index (κ2) is 6.81. The molecule has 6 nitrogen and oxygen atoms in total. The van der Waals surface area contributed by atoms with Gasteiger partial charge < -0.3 is 9.84 Å². The number of carboxylic acids is 1. The lowest BCUT2D eigenvalue weighted by Gasteiger charge is -2.35. The fourth-order valence-electron chi connectivity index (χ4n) is 2.55. The molecule has 0 saturated heterocycles. The third kappa shape index (κ3) is 3.52. The quantitative estimate of drug-likeness (QED) is 0.814. The van der Waals surface area contributed by atoms with E-state index in [0.717, 1.165) is 6.42 Å². The fourth-order valence-corrected chi connectivity index (χ4v) is 2.55. The van der Waals surface area contributed by atoms with Crippen molar-refractivity contribution >= 4 is 23.3 Å². The summed E-state index contributed by atoms with van der Waals surface area (Å²) in [7, 11) is 0. The van der Waals surface area contributed by atoms with Crippen molar-refractivity contribution in [1.29, 1.82) is 0 Å². The molecular weight excluding hydrogens is 298 g/mol. The van der Waals surface area contributed by atoms with Gasteiger partial charge in [0.25, 0.3) is 5.91 Å². The van der Waals surface area contributed by atoms with Crippen LogP contribution in [-0.2, 0) is 9.59 Å². The van der Waals surface area contributed by atoms with Gasteiger partial charge in [0.1, 0.15) is 12.3 Å². The molecule has 1 amide bonds. The molecule has 1 atom stereocenters. The molecular formula is C17H21NO5. The predicted octanol–water partition coefficient (Wildman–Crippen LogP) is 2.50. The number of amides is 1. The van der Waals surface area contributed by atoms with Gasteiger partial charge in [-0.05, 0) is 30.5 Å². The van der Waals surface area contributed by atoms with Gasteiger partial charge >= 0.3 is 5.97 Å². The second-order valence-corrected chi connectivity index (χ2v) is 5.96. The number of anilines is 1. The Bertz CT molecular complexity index is 638. The Labute approximate surface area is 135 Å². The molecule has 1 aromatic carbocycles. The minimum atomic E-state index is -1.11. The number of Topliss-reactive ketones (excluding diaryl/α,β-unsaturated/α-hetero) is 1. The van der Waals surface area contributed by atoms with Crippen LogP contribution < -0.4 is 9.64 Å². The average molecular weight is 319 g/mol. The third-order valence-corrected chi connectivity index (χ3v) is 3.71. The van der Waals surface area contributed by atoms with E-state index in [9.17, 15) is 14.4 Å². The van der Waals surface area contributed by atoms with Crippen LogP contribution in [0.5, 0.6) is 5.75 Å². The zero-order valence-corrected chi connectivity index (χ0v) is 13.5. The molecule has 0 fully saturated rings. The van der Waals surface area contributed by atoms with Crippen LogP contribution in [0.25, 0.3) is 0 Å². The largest absolute Gasteiger partial charge is 0.480 e. The number of rotatable bonds is 6. The molecule has 0 radical (unpaired) electrons.